The molecule has 2 aromatic rings. The van der Waals surface area contributed by atoms with Crippen LogP contribution in [-0.4, -0.2) is 5.11 Å². The predicted octanol–water partition coefficient (Wildman–Crippen LogP) is 6.69. The molecule has 2 aromatic carbocycles. The summed E-state index contributed by atoms with van der Waals surface area (Å²) in [5, 5.41) is 11.0. The van der Waals surface area contributed by atoms with Crippen LogP contribution in [0, 0.1) is 19.8 Å². The average molecular weight is 377 g/mol. The van der Waals surface area contributed by atoms with Crippen LogP contribution >= 0.6 is 0 Å². The highest BCUT2D eigenvalue weighted by Gasteiger charge is 2.59. The lowest BCUT2D eigenvalue weighted by Gasteiger charge is -2.58. The fourth-order valence-corrected chi connectivity index (χ4v) is 6.67. The normalized spacial score (nSPS) is 28.3. The van der Waals surface area contributed by atoms with Crippen LogP contribution in [0.2, 0.25) is 0 Å². The van der Waals surface area contributed by atoms with Crippen molar-refractivity contribution in [1.29, 1.82) is 0 Å². The summed E-state index contributed by atoms with van der Waals surface area (Å²) in [5.41, 5.74) is 4.60. The number of aromatic hydroxyl groups is 1. The largest absolute Gasteiger partial charge is 0.508 e. The van der Waals surface area contributed by atoms with Crippen molar-refractivity contribution in [2.24, 2.45) is 5.92 Å². The maximum Gasteiger partial charge on any atom is 0.141 e. The summed E-state index contributed by atoms with van der Waals surface area (Å²) in [5.74, 6) is 1.92. The number of fused-ring (bicyclic) bond motifs is 4. The molecule has 2 heteroatoms. The maximum atomic E-state index is 11.0. The first-order valence-corrected chi connectivity index (χ1v) is 11.2. The second-order valence-electron chi connectivity index (χ2n) is 9.53. The average Bonchev–Trinajstić information content (AvgIpc) is 2.68. The highest BCUT2D eigenvalue weighted by molar-refractivity contribution is 5.51. The molecule has 2 aliphatic carbocycles. The van der Waals surface area contributed by atoms with E-state index in [4.69, 9.17) is 4.74 Å². The number of aryl methyl sites for hydroxylation is 2. The molecule has 2 atom stereocenters. The summed E-state index contributed by atoms with van der Waals surface area (Å²) < 4.78 is 6.98. The minimum absolute atomic E-state index is 0.192. The summed E-state index contributed by atoms with van der Waals surface area (Å²) in [6.07, 6.45) is 11.1. The van der Waals surface area contributed by atoms with E-state index in [1.54, 1.807) is 0 Å². The molecule has 0 unspecified atom stereocenters. The van der Waals surface area contributed by atoms with Gasteiger partial charge in [0.25, 0.3) is 0 Å². The van der Waals surface area contributed by atoms with Crippen LogP contribution in [0.1, 0.15) is 80.0 Å². The number of phenolic OH excluding ortho intramolecular Hbond substituents is 1. The van der Waals surface area contributed by atoms with Gasteiger partial charge in [-0.1, -0.05) is 49.9 Å². The molecule has 2 fully saturated rings. The van der Waals surface area contributed by atoms with Gasteiger partial charge in [0.2, 0.25) is 0 Å². The Kier molecular flexibility index (Phi) is 4.23. The lowest BCUT2D eigenvalue weighted by atomic mass is 9.51. The lowest BCUT2D eigenvalue weighted by Crippen LogP contribution is -2.57. The van der Waals surface area contributed by atoms with Gasteiger partial charge in [0.1, 0.15) is 17.1 Å². The van der Waals surface area contributed by atoms with E-state index in [1.807, 2.05) is 13.0 Å². The Labute approximate surface area is 168 Å². The minimum atomic E-state index is -0.395. The van der Waals surface area contributed by atoms with Gasteiger partial charge < -0.3 is 9.84 Å². The first-order chi connectivity index (χ1) is 13.6. The van der Waals surface area contributed by atoms with Crippen molar-refractivity contribution in [2.75, 3.05) is 0 Å². The van der Waals surface area contributed by atoms with Gasteiger partial charge in [0, 0.05) is 22.5 Å². The first-order valence-electron chi connectivity index (χ1n) is 11.2. The number of phenols is 1. The summed E-state index contributed by atoms with van der Waals surface area (Å²) in [7, 11) is 0. The molecule has 1 N–H and O–H groups in total. The van der Waals surface area contributed by atoms with Crippen molar-refractivity contribution >= 4 is 0 Å². The molecule has 0 amide bonds. The topological polar surface area (TPSA) is 29.5 Å². The fourth-order valence-electron chi connectivity index (χ4n) is 6.67. The van der Waals surface area contributed by atoms with E-state index in [2.05, 4.69) is 37.3 Å². The Morgan fingerprint density at radius 2 is 1.50 bits per heavy atom. The maximum absolute atomic E-state index is 11.0. The molecule has 2 nitrogen and oxygen atoms in total. The Morgan fingerprint density at radius 3 is 2.25 bits per heavy atom. The third kappa shape index (κ3) is 2.53. The zero-order valence-electron chi connectivity index (χ0n) is 17.3. The zero-order valence-corrected chi connectivity index (χ0v) is 17.3. The summed E-state index contributed by atoms with van der Waals surface area (Å²) >= 11 is 0. The van der Waals surface area contributed by atoms with Crippen molar-refractivity contribution in [3.8, 4) is 11.5 Å². The van der Waals surface area contributed by atoms with Crippen LogP contribution in [0.25, 0.3) is 0 Å². The van der Waals surface area contributed by atoms with E-state index in [0.717, 1.165) is 23.3 Å². The van der Waals surface area contributed by atoms with Crippen molar-refractivity contribution in [3.05, 3.63) is 58.7 Å². The Bertz CT molecular complexity index is 893. The van der Waals surface area contributed by atoms with Gasteiger partial charge in [-0.3, -0.25) is 0 Å². The standard InChI is InChI=1S/C26H32O2/c1-18-9-11-20(22(27)16-18)26-15-7-4-8-24(26)25(13-5-3-6-14-25)21-12-10-19(2)17-23(21)28-26/h9-12,16-17,24,27H,3-8,13-15H2,1-2H3/t24-,26-/m1/s1. The van der Waals surface area contributed by atoms with Crippen molar-refractivity contribution < 1.29 is 9.84 Å². The SMILES string of the molecule is Cc1ccc([C@]23CCCC[C@@H]2C2(CCCCC2)c2ccc(C)cc2O3)c(O)c1. The summed E-state index contributed by atoms with van der Waals surface area (Å²) in [6, 6.07) is 13.0. The molecule has 1 heterocycles. The molecule has 2 saturated carbocycles. The number of hydrogen-bond acceptors (Lipinski definition) is 2. The third-order valence-electron chi connectivity index (χ3n) is 7.84. The van der Waals surface area contributed by atoms with E-state index in [9.17, 15) is 5.11 Å². The predicted molar refractivity (Wildman–Crippen MR) is 113 cm³/mol. The smallest absolute Gasteiger partial charge is 0.141 e. The number of rotatable bonds is 1. The van der Waals surface area contributed by atoms with Crippen LogP contribution in [0.4, 0.5) is 0 Å². The van der Waals surface area contributed by atoms with Crippen molar-refractivity contribution in [3.63, 3.8) is 0 Å². The minimum Gasteiger partial charge on any atom is -0.508 e. The van der Waals surface area contributed by atoms with Gasteiger partial charge in [-0.05, 0) is 69.2 Å². The number of benzene rings is 2. The number of ether oxygens (including phenoxy) is 1. The Balaban J connectivity index is 1.76. The molecule has 0 bridgehead atoms. The molecule has 1 aliphatic heterocycles. The molecule has 148 valence electrons. The van der Waals surface area contributed by atoms with Gasteiger partial charge in [-0.2, -0.15) is 0 Å². The Morgan fingerprint density at radius 1 is 0.821 bits per heavy atom. The van der Waals surface area contributed by atoms with Crippen molar-refractivity contribution in [1.82, 2.24) is 0 Å². The van der Waals surface area contributed by atoms with Crippen LogP contribution in [0.15, 0.2) is 36.4 Å². The molecule has 3 aliphatic rings. The van der Waals surface area contributed by atoms with Gasteiger partial charge >= 0.3 is 0 Å². The molecular formula is C26H32O2. The van der Waals surface area contributed by atoms with Gasteiger partial charge in [-0.25, -0.2) is 0 Å². The molecule has 1 spiro atoms. The molecule has 28 heavy (non-hydrogen) atoms. The second kappa shape index (κ2) is 6.54. The zero-order chi connectivity index (χ0) is 19.4. The summed E-state index contributed by atoms with van der Waals surface area (Å²) in [4.78, 5) is 0. The fraction of sp³-hybridized carbons (Fsp3) is 0.538. The third-order valence-corrected chi connectivity index (χ3v) is 7.84. The molecular weight excluding hydrogens is 344 g/mol. The van der Waals surface area contributed by atoms with Crippen LogP contribution in [-0.2, 0) is 11.0 Å². The first kappa shape index (κ1) is 18.1. The molecule has 0 radical (unpaired) electrons. The van der Waals surface area contributed by atoms with Gasteiger partial charge in [0.15, 0.2) is 0 Å². The van der Waals surface area contributed by atoms with Crippen LogP contribution in [0.3, 0.4) is 0 Å². The molecule has 0 aromatic heterocycles. The number of hydrogen-bond donors (Lipinski definition) is 1. The van der Waals surface area contributed by atoms with E-state index < -0.39 is 5.60 Å². The lowest BCUT2D eigenvalue weighted by molar-refractivity contribution is -0.0959. The van der Waals surface area contributed by atoms with Crippen LogP contribution < -0.4 is 4.74 Å². The highest BCUT2D eigenvalue weighted by Crippen LogP contribution is 2.63. The highest BCUT2D eigenvalue weighted by atomic mass is 16.5. The van der Waals surface area contributed by atoms with E-state index in [1.165, 1.54) is 62.5 Å². The van der Waals surface area contributed by atoms with Crippen LogP contribution in [0.5, 0.6) is 11.5 Å². The van der Waals surface area contributed by atoms with Gasteiger partial charge in [-0.15, -0.1) is 0 Å². The molecule has 5 rings (SSSR count). The van der Waals surface area contributed by atoms with E-state index in [0.29, 0.717) is 11.7 Å². The van der Waals surface area contributed by atoms with Crippen molar-refractivity contribution in [2.45, 2.75) is 82.7 Å². The van der Waals surface area contributed by atoms with E-state index >= 15 is 0 Å². The quantitative estimate of drug-likeness (QED) is 0.601. The molecule has 0 saturated heterocycles. The summed E-state index contributed by atoms with van der Waals surface area (Å²) in [6.45, 7) is 4.20. The van der Waals surface area contributed by atoms with E-state index in [-0.39, 0.29) is 5.41 Å². The Hall–Kier alpha value is -1.96. The monoisotopic (exact) mass is 376 g/mol. The second-order valence-corrected chi connectivity index (χ2v) is 9.53. The van der Waals surface area contributed by atoms with Gasteiger partial charge in [0.05, 0.1) is 0 Å².